The van der Waals surface area contributed by atoms with Crippen LogP contribution in [0, 0.1) is 0 Å². The summed E-state index contributed by atoms with van der Waals surface area (Å²) in [5.74, 6) is 0.582. The summed E-state index contributed by atoms with van der Waals surface area (Å²) in [6.07, 6.45) is 0.876. The van der Waals surface area contributed by atoms with Gasteiger partial charge in [0.1, 0.15) is 0 Å². The summed E-state index contributed by atoms with van der Waals surface area (Å²) in [5, 5.41) is 0. The highest BCUT2D eigenvalue weighted by Gasteiger charge is 2.07. The summed E-state index contributed by atoms with van der Waals surface area (Å²) in [5.41, 5.74) is 0.956. The zero-order valence-corrected chi connectivity index (χ0v) is 11.8. The molecule has 18 heavy (non-hydrogen) atoms. The van der Waals surface area contributed by atoms with Gasteiger partial charge in [-0.25, -0.2) is 0 Å². The van der Waals surface area contributed by atoms with Crippen LogP contribution in [0.2, 0.25) is 0 Å². The van der Waals surface area contributed by atoms with Crippen molar-refractivity contribution in [1.82, 2.24) is 14.9 Å². The Kier molecular flexibility index (Phi) is 6.43. The first-order valence-electron chi connectivity index (χ1n) is 6.50. The van der Waals surface area contributed by atoms with E-state index in [4.69, 9.17) is 9.47 Å². The number of ether oxygens (including phenoxy) is 2. The molecule has 1 rings (SSSR count). The molecule has 102 valence electrons. The van der Waals surface area contributed by atoms with Gasteiger partial charge in [0.25, 0.3) is 0 Å². The van der Waals surface area contributed by atoms with Crippen LogP contribution in [0.4, 0.5) is 0 Å². The number of methoxy groups -OCH3 is 1. The lowest BCUT2D eigenvalue weighted by molar-refractivity contribution is 0.299. The second-order valence-corrected chi connectivity index (χ2v) is 3.89. The third kappa shape index (κ3) is 4.49. The van der Waals surface area contributed by atoms with Crippen LogP contribution in [0.25, 0.3) is 0 Å². The molecule has 0 saturated heterocycles. The van der Waals surface area contributed by atoms with Crippen LogP contribution in [0.1, 0.15) is 26.5 Å². The van der Waals surface area contributed by atoms with E-state index in [0.717, 1.165) is 31.7 Å². The quantitative estimate of drug-likeness (QED) is 0.706. The van der Waals surface area contributed by atoms with Crippen LogP contribution < -0.4 is 9.47 Å². The van der Waals surface area contributed by atoms with Crippen molar-refractivity contribution in [2.24, 2.45) is 0 Å². The van der Waals surface area contributed by atoms with Gasteiger partial charge < -0.3 is 14.4 Å². The number of aromatic nitrogens is 2. The maximum absolute atomic E-state index is 5.40. The fourth-order valence-corrected chi connectivity index (χ4v) is 1.70. The standard InChI is InChI=1S/C13H23N3O2/c1-5-16(6-2)9-8-11-10-12(18-7-3)15-13(14-11)17-4/h10H,5-9H2,1-4H3. The fourth-order valence-electron chi connectivity index (χ4n) is 1.70. The van der Waals surface area contributed by atoms with Gasteiger partial charge >= 0.3 is 6.01 Å². The van der Waals surface area contributed by atoms with Crippen molar-refractivity contribution in [3.05, 3.63) is 11.8 Å². The first kappa shape index (κ1) is 14.7. The number of rotatable bonds is 8. The van der Waals surface area contributed by atoms with Gasteiger partial charge in [0.15, 0.2) is 0 Å². The van der Waals surface area contributed by atoms with Crippen LogP contribution in [0.5, 0.6) is 11.9 Å². The third-order valence-corrected chi connectivity index (χ3v) is 2.79. The van der Waals surface area contributed by atoms with Gasteiger partial charge in [0.05, 0.1) is 19.4 Å². The number of hydrogen-bond donors (Lipinski definition) is 0. The van der Waals surface area contributed by atoms with Gasteiger partial charge in [-0.3, -0.25) is 0 Å². The zero-order chi connectivity index (χ0) is 13.4. The normalized spacial score (nSPS) is 10.7. The van der Waals surface area contributed by atoms with Crippen molar-refractivity contribution >= 4 is 0 Å². The lowest BCUT2D eigenvalue weighted by Gasteiger charge is -2.17. The average Bonchev–Trinajstić information content (AvgIpc) is 2.40. The molecule has 0 radical (unpaired) electrons. The maximum Gasteiger partial charge on any atom is 0.319 e. The van der Waals surface area contributed by atoms with E-state index in [-0.39, 0.29) is 0 Å². The second-order valence-electron chi connectivity index (χ2n) is 3.89. The summed E-state index contributed by atoms with van der Waals surface area (Å²) >= 11 is 0. The van der Waals surface area contributed by atoms with E-state index in [1.54, 1.807) is 7.11 Å². The maximum atomic E-state index is 5.40. The third-order valence-electron chi connectivity index (χ3n) is 2.79. The van der Waals surface area contributed by atoms with Gasteiger partial charge in [-0.1, -0.05) is 13.8 Å². The highest BCUT2D eigenvalue weighted by molar-refractivity contribution is 5.19. The minimum absolute atomic E-state index is 0.371. The highest BCUT2D eigenvalue weighted by atomic mass is 16.5. The lowest BCUT2D eigenvalue weighted by atomic mass is 10.2. The Labute approximate surface area is 109 Å². The molecule has 5 nitrogen and oxygen atoms in total. The van der Waals surface area contributed by atoms with Crippen molar-refractivity contribution in [3.63, 3.8) is 0 Å². The van der Waals surface area contributed by atoms with Crippen molar-refractivity contribution in [3.8, 4) is 11.9 Å². The molecule has 0 bridgehead atoms. The van der Waals surface area contributed by atoms with Gasteiger partial charge in [0.2, 0.25) is 5.88 Å². The molecule has 0 aromatic carbocycles. The van der Waals surface area contributed by atoms with Crippen molar-refractivity contribution in [2.45, 2.75) is 27.2 Å². The molecule has 0 aliphatic heterocycles. The molecule has 0 aliphatic carbocycles. The number of likely N-dealkylation sites (N-methyl/N-ethyl adjacent to an activating group) is 1. The van der Waals surface area contributed by atoms with Crippen molar-refractivity contribution in [2.75, 3.05) is 33.4 Å². The van der Waals surface area contributed by atoms with Crippen LogP contribution in [-0.4, -0.2) is 48.2 Å². The van der Waals surface area contributed by atoms with Crippen LogP contribution in [0.15, 0.2) is 6.07 Å². The molecule has 0 spiro atoms. The molecule has 0 aliphatic rings. The Morgan fingerprint density at radius 3 is 2.44 bits per heavy atom. The Morgan fingerprint density at radius 2 is 1.89 bits per heavy atom. The predicted octanol–water partition coefficient (Wildman–Crippen LogP) is 1.77. The molecule has 0 fully saturated rings. The fraction of sp³-hybridized carbons (Fsp3) is 0.692. The van der Waals surface area contributed by atoms with E-state index in [1.807, 2.05) is 13.0 Å². The Hall–Kier alpha value is -1.36. The largest absolute Gasteiger partial charge is 0.478 e. The first-order valence-corrected chi connectivity index (χ1v) is 6.50. The van der Waals surface area contributed by atoms with Gasteiger partial charge in [-0.15, -0.1) is 0 Å². The van der Waals surface area contributed by atoms with Crippen molar-refractivity contribution < 1.29 is 9.47 Å². The lowest BCUT2D eigenvalue weighted by Crippen LogP contribution is -2.25. The van der Waals surface area contributed by atoms with E-state index < -0.39 is 0 Å². The monoisotopic (exact) mass is 253 g/mol. The van der Waals surface area contributed by atoms with Gasteiger partial charge in [-0.2, -0.15) is 9.97 Å². The molecule has 1 heterocycles. The smallest absolute Gasteiger partial charge is 0.319 e. The van der Waals surface area contributed by atoms with Crippen LogP contribution in [0.3, 0.4) is 0 Å². The van der Waals surface area contributed by atoms with Crippen LogP contribution in [-0.2, 0) is 6.42 Å². The molecule has 0 N–H and O–H groups in total. The van der Waals surface area contributed by atoms with Gasteiger partial charge in [-0.05, 0) is 20.0 Å². The second kappa shape index (κ2) is 7.87. The predicted molar refractivity (Wildman–Crippen MR) is 71.2 cm³/mol. The molecule has 0 saturated carbocycles. The first-order chi connectivity index (χ1) is 8.73. The molecule has 1 aromatic heterocycles. The summed E-state index contributed by atoms with van der Waals surface area (Å²) in [4.78, 5) is 10.8. The molecule has 0 unspecified atom stereocenters. The Bertz CT molecular complexity index is 354. The minimum atomic E-state index is 0.371. The molecular weight excluding hydrogens is 230 g/mol. The number of hydrogen-bond acceptors (Lipinski definition) is 5. The summed E-state index contributed by atoms with van der Waals surface area (Å²) in [6, 6.07) is 2.26. The topological polar surface area (TPSA) is 47.5 Å². The highest BCUT2D eigenvalue weighted by Crippen LogP contribution is 2.14. The summed E-state index contributed by atoms with van der Waals surface area (Å²) in [7, 11) is 1.57. The molecule has 5 heteroatoms. The van der Waals surface area contributed by atoms with E-state index >= 15 is 0 Å². The molecule has 0 atom stereocenters. The number of nitrogens with zero attached hydrogens (tertiary/aromatic N) is 3. The Morgan fingerprint density at radius 1 is 1.17 bits per heavy atom. The zero-order valence-electron chi connectivity index (χ0n) is 11.8. The average molecular weight is 253 g/mol. The van der Waals surface area contributed by atoms with Crippen LogP contribution >= 0.6 is 0 Å². The van der Waals surface area contributed by atoms with Crippen molar-refractivity contribution in [1.29, 1.82) is 0 Å². The summed E-state index contributed by atoms with van der Waals surface area (Å²) in [6.45, 7) is 9.94. The molecule has 0 amide bonds. The SMILES string of the molecule is CCOc1cc(CCN(CC)CC)nc(OC)n1. The molecular formula is C13H23N3O2. The van der Waals surface area contributed by atoms with Gasteiger partial charge in [0, 0.05) is 19.0 Å². The van der Waals surface area contributed by atoms with E-state index in [2.05, 4.69) is 28.7 Å². The van der Waals surface area contributed by atoms with E-state index in [9.17, 15) is 0 Å². The van der Waals surface area contributed by atoms with E-state index in [1.165, 1.54) is 0 Å². The minimum Gasteiger partial charge on any atom is -0.478 e. The Balaban J connectivity index is 2.71. The summed E-state index contributed by atoms with van der Waals surface area (Å²) < 4.78 is 10.5. The molecule has 1 aromatic rings. The van der Waals surface area contributed by atoms with E-state index in [0.29, 0.717) is 18.5 Å².